The molecule has 0 amide bonds. The van der Waals surface area contributed by atoms with Crippen molar-refractivity contribution in [2.24, 2.45) is 0 Å². The van der Waals surface area contributed by atoms with E-state index in [2.05, 4.69) is 15.3 Å². The van der Waals surface area contributed by atoms with Gasteiger partial charge < -0.3 is 10.1 Å². The summed E-state index contributed by atoms with van der Waals surface area (Å²) < 4.78 is 4.90. The first-order chi connectivity index (χ1) is 8.79. The second-order valence-corrected chi connectivity index (χ2v) is 3.50. The van der Waals surface area contributed by atoms with Crippen molar-refractivity contribution in [1.29, 1.82) is 0 Å². The first kappa shape index (κ1) is 12.0. The van der Waals surface area contributed by atoms with Gasteiger partial charge in [-0.3, -0.25) is 0 Å². The Bertz CT molecular complexity index is 512. The summed E-state index contributed by atoms with van der Waals surface area (Å²) in [5, 5.41) is 3.03. The monoisotopic (exact) mass is 243 g/mol. The highest BCUT2D eigenvalue weighted by molar-refractivity contribution is 5.89. The van der Waals surface area contributed by atoms with Crippen LogP contribution in [0.1, 0.15) is 17.3 Å². The van der Waals surface area contributed by atoms with Crippen LogP contribution in [0.15, 0.2) is 42.7 Å². The topological polar surface area (TPSA) is 64.1 Å². The summed E-state index contributed by atoms with van der Waals surface area (Å²) in [7, 11) is 0. The van der Waals surface area contributed by atoms with Crippen molar-refractivity contribution in [2.45, 2.75) is 6.92 Å². The van der Waals surface area contributed by atoms with Crippen molar-refractivity contribution in [1.82, 2.24) is 9.97 Å². The lowest BCUT2D eigenvalue weighted by molar-refractivity contribution is 0.0526. The van der Waals surface area contributed by atoms with E-state index in [0.717, 1.165) is 5.69 Å². The molecule has 1 aromatic carbocycles. The Morgan fingerprint density at radius 1 is 1.22 bits per heavy atom. The zero-order valence-electron chi connectivity index (χ0n) is 9.96. The summed E-state index contributed by atoms with van der Waals surface area (Å²) >= 11 is 0. The molecule has 1 heterocycles. The van der Waals surface area contributed by atoms with Crippen LogP contribution in [0, 0.1) is 0 Å². The average Bonchev–Trinajstić information content (AvgIpc) is 2.41. The third-order valence-electron chi connectivity index (χ3n) is 2.22. The molecule has 0 saturated heterocycles. The van der Waals surface area contributed by atoms with Crippen molar-refractivity contribution in [3.63, 3.8) is 0 Å². The number of esters is 1. The summed E-state index contributed by atoms with van der Waals surface area (Å²) in [5.41, 5.74) is 1.34. The van der Waals surface area contributed by atoms with Crippen LogP contribution in [0.25, 0.3) is 0 Å². The molecule has 1 N–H and O–H groups in total. The Morgan fingerprint density at radius 2 is 1.89 bits per heavy atom. The molecule has 0 saturated carbocycles. The summed E-state index contributed by atoms with van der Waals surface area (Å²) in [5.74, 6) is 0.196. The molecule has 2 rings (SSSR count). The van der Waals surface area contributed by atoms with Gasteiger partial charge in [-0.05, 0) is 37.3 Å². The van der Waals surface area contributed by atoms with Gasteiger partial charge >= 0.3 is 5.97 Å². The molecule has 0 fully saturated rings. The lowest BCUT2D eigenvalue weighted by Crippen LogP contribution is -2.04. The van der Waals surface area contributed by atoms with Gasteiger partial charge in [0.05, 0.1) is 12.2 Å². The Hall–Kier alpha value is -2.43. The molecular weight excluding hydrogens is 230 g/mol. The van der Waals surface area contributed by atoms with Crippen molar-refractivity contribution < 1.29 is 9.53 Å². The van der Waals surface area contributed by atoms with E-state index in [4.69, 9.17) is 4.74 Å². The van der Waals surface area contributed by atoms with Crippen molar-refractivity contribution >= 4 is 17.6 Å². The molecule has 5 nitrogen and oxygen atoms in total. The van der Waals surface area contributed by atoms with Crippen molar-refractivity contribution in [3.8, 4) is 0 Å². The van der Waals surface area contributed by atoms with Crippen LogP contribution in [-0.4, -0.2) is 22.5 Å². The molecule has 0 aliphatic heterocycles. The number of hydrogen-bond acceptors (Lipinski definition) is 5. The van der Waals surface area contributed by atoms with Crippen LogP contribution < -0.4 is 5.32 Å². The number of benzene rings is 1. The fourth-order valence-corrected chi connectivity index (χ4v) is 1.40. The maximum atomic E-state index is 11.4. The van der Waals surface area contributed by atoms with Gasteiger partial charge in [0.1, 0.15) is 0 Å². The van der Waals surface area contributed by atoms with Gasteiger partial charge in [-0.2, -0.15) is 0 Å². The predicted octanol–water partition coefficient (Wildman–Crippen LogP) is 2.40. The zero-order valence-corrected chi connectivity index (χ0v) is 9.96. The van der Waals surface area contributed by atoms with Crippen LogP contribution in [0.3, 0.4) is 0 Å². The summed E-state index contributed by atoms with van der Waals surface area (Å²) in [6.07, 6.45) is 3.31. The van der Waals surface area contributed by atoms with E-state index in [-0.39, 0.29) is 5.97 Å². The van der Waals surface area contributed by atoms with E-state index in [9.17, 15) is 4.79 Å². The molecule has 2 aromatic rings. The number of nitrogens with zero attached hydrogens (tertiary/aromatic N) is 2. The maximum absolute atomic E-state index is 11.4. The number of hydrogen-bond donors (Lipinski definition) is 1. The second kappa shape index (κ2) is 5.77. The quantitative estimate of drug-likeness (QED) is 0.835. The van der Waals surface area contributed by atoms with E-state index in [1.54, 1.807) is 49.6 Å². The van der Waals surface area contributed by atoms with Gasteiger partial charge in [0, 0.05) is 18.1 Å². The van der Waals surface area contributed by atoms with Crippen LogP contribution in [0.2, 0.25) is 0 Å². The fourth-order valence-electron chi connectivity index (χ4n) is 1.40. The Kier molecular flexibility index (Phi) is 3.86. The van der Waals surface area contributed by atoms with Gasteiger partial charge in [-0.1, -0.05) is 0 Å². The largest absolute Gasteiger partial charge is 0.462 e. The molecule has 0 aliphatic rings. The molecule has 1 aromatic heterocycles. The summed E-state index contributed by atoms with van der Waals surface area (Å²) in [6, 6.07) is 8.70. The van der Waals surface area contributed by atoms with E-state index in [0.29, 0.717) is 18.1 Å². The predicted molar refractivity (Wildman–Crippen MR) is 67.7 cm³/mol. The van der Waals surface area contributed by atoms with Gasteiger partial charge in [0.25, 0.3) is 0 Å². The fraction of sp³-hybridized carbons (Fsp3) is 0.154. The minimum Gasteiger partial charge on any atom is -0.462 e. The first-order valence-electron chi connectivity index (χ1n) is 5.61. The number of nitrogens with one attached hydrogen (secondary N) is 1. The van der Waals surface area contributed by atoms with E-state index < -0.39 is 0 Å². The highest BCUT2D eigenvalue weighted by Gasteiger charge is 2.05. The number of carbonyl (C=O) groups excluding carboxylic acids is 1. The highest BCUT2D eigenvalue weighted by atomic mass is 16.5. The van der Waals surface area contributed by atoms with Crippen LogP contribution in [0.4, 0.5) is 11.6 Å². The summed E-state index contributed by atoms with van der Waals surface area (Å²) in [4.78, 5) is 19.5. The average molecular weight is 243 g/mol. The van der Waals surface area contributed by atoms with E-state index in [1.165, 1.54) is 0 Å². The lowest BCUT2D eigenvalue weighted by Gasteiger charge is -2.05. The first-order valence-corrected chi connectivity index (χ1v) is 5.61. The maximum Gasteiger partial charge on any atom is 0.338 e. The van der Waals surface area contributed by atoms with Gasteiger partial charge in [0.15, 0.2) is 0 Å². The Labute approximate surface area is 105 Å². The molecule has 18 heavy (non-hydrogen) atoms. The molecule has 0 atom stereocenters. The van der Waals surface area contributed by atoms with Crippen molar-refractivity contribution in [2.75, 3.05) is 11.9 Å². The highest BCUT2D eigenvalue weighted by Crippen LogP contribution is 2.13. The Morgan fingerprint density at radius 3 is 2.50 bits per heavy atom. The van der Waals surface area contributed by atoms with Crippen LogP contribution >= 0.6 is 0 Å². The molecule has 0 bridgehead atoms. The third kappa shape index (κ3) is 3.04. The molecule has 92 valence electrons. The number of ether oxygens (including phenoxy) is 1. The molecule has 0 unspecified atom stereocenters. The second-order valence-electron chi connectivity index (χ2n) is 3.50. The molecule has 0 radical (unpaired) electrons. The SMILES string of the molecule is CCOC(=O)c1ccc(Nc2ncccn2)cc1. The lowest BCUT2D eigenvalue weighted by atomic mass is 10.2. The van der Waals surface area contributed by atoms with Crippen LogP contribution in [0.5, 0.6) is 0 Å². The minimum absolute atomic E-state index is 0.319. The Balaban J connectivity index is 2.06. The van der Waals surface area contributed by atoms with Crippen molar-refractivity contribution in [3.05, 3.63) is 48.3 Å². The molecular formula is C13H13N3O2. The molecule has 0 aliphatic carbocycles. The summed E-state index contributed by atoms with van der Waals surface area (Å²) in [6.45, 7) is 2.15. The number of aromatic nitrogens is 2. The number of anilines is 2. The van der Waals surface area contributed by atoms with Gasteiger partial charge in [-0.25, -0.2) is 14.8 Å². The van der Waals surface area contributed by atoms with Crippen LogP contribution in [-0.2, 0) is 4.74 Å². The third-order valence-corrected chi connectivity index (χ3v) is 2.22. The minimum atomic E-state index is -0.319. The van der Waals surface area contributed by atoms with E-state index in [1.807, 2.05) is 0 Å². The molecule has 0 spiro atoms. The standard InChI is InChI=1S/C13H13N3O2/c1-2-18-12(17)10-4-6-11(7-5-10)16-13-14-8-3-9-15-13/h3-9H,2H2,1H3,(H,14,15,16). The number of rotatable bonds is 4. The zero-order chi connectivity index (χ0) is 12.8. The smallest absolute Gasteiger partial charge is 0.338 e. The normalized spacial score (nSPS) is 9.83. The van der Waals surface area contributed by atoms with Gasteiger partial charge in [-0.15, -0.1) is 0 Å². The van der Waals surface area contributed by atoms with E-state index >= 15 is 0 Å². The number of carbonyl (C=O) groups is 1. The molecule has 5 heteroatoms. The van der Waals surface area contributed by atoms with Gasteiger partial charge in [0.2, 0.25) is 5.95 Å².